The second kappa shape index (κ2) is 6.71. The zero-order valence-electron chi connectivity index (χ0n) is 12.6. The molecule has 0 fully saturated rings. The highest BCUT2D eigenvalue weighted by molar-refractivity contribution is 5.79. The van der Waals surface area contributed by atoms with Gasteiger partial charge in [-0.2, -0.15) is 0 Å². The first-order chi connectivity index (χ1) is 10.5. The number of amides is 1. The number of H-pyrrole nitrogens is 1. The Bertz CT molecular complexity index is 750. The van der Waals surface area contributed by atoms with Gasteiger partial charge in [0.1, 0.15) is 5.82 Å². The van der Waals surface area contributed by atoms with Crippen LogP contribution in [0.2, 0.25) is 0 Å². The maximum atomic E-state index is 11.9. The second-order valence-corrected chi connectivity index (χ2v) is 4.91. The van der Waals surface area contributed by atoms with E-state index in [4.69, 9.17) is 0 Å². The number of hydrogen-bond acceptors (Lipinski definition) is 4. The van der Waals surface area contributed by atoms with Crippen LogP contribution in [0.1, 0.15) is 22.6 Å². The highest BCUT2D eigenvalue weighted by atomic mass is 16.2. The molecule has 0 atom stereocenters. The van der Waals surface area contributed by atoms with Gasteiger partial charge in [-0.15, -0.1) is 0 Å². The molecule has 0 unspecified atom stereocenters. The van der Waals surface area contributed by atoms with E-state index in [0.717, 1.165) is 5.56 Å². The van der Waals surface area contributed by atoms with E-state index >= 15 is 0 Å². The Hall–Kier alpha value is -2.89. The summed E-state index contributed by atoms with van der Waals surface area (Å²) in [4.78, 5) is 30.5. The summed E-state index contributed by atoms with van der Waals surface area (Å²) in [5.41, 5.74) is 7.33. The van der Waals surface area contributed by atoms with E-state index in [0.29, 0.717) is 22.8 Å². The van der Waals surface area contributed by atoms with Crippen molar-refractivity contribution < 1.29 is 4.79 Å². The number of nitrogens with one attached hydrogen (secondary N) is 3. The van der Waals surface area contributed by atoms with Crippen LogP contribution in [0, 0.1) is 13.8 Å². The van der Waals surface area contributed by atoms with Gasteiger partial charge in [0.05, 0.1) is 12.1 Å². The quantitative estimate of drug-likeness (QED) is 0.724. The molecule has 2 aromatic rings. The number of nitrogens with zero attached hydrogens (tertiary/aromatic N) is 1. The van der Waals surface area contributed by atoms with Crippen molar-refractivity contribution in [3.05, 3.63) is 69.9 Å². The van der Waals surface area contributed by atoms with Gasteiger partial charge in [0.15, 0.2) is 0 Å². The van der Waals surface area contributed by atoms with Crippen LogP contribution in [0.25, 0.3) is 5.70 Å². The van der Waals surface area contributed by atoms with Gasteiger partial charge in [-0.3, -0.25) is 20.4 Å². The number of hydrazine groups is 1. The van der Waals surface area contributed by atoms with Gasteiger partial charge in [0, 0.05) is 11.3 Å². The fraction of sp³-hybridized carbons (Fsp3) is 0.188. The lowest BCUT2D eigenvalue weighted by atomic mass is 10.1. The lowest BCUT2D eigenvalue weighted by Gasteiger charge is -2.11. The molecule has 0 saturated carbocycles. The molecule has 114 valence electrons. The Morgan fingerprint density at radius 1 is 1.23 bits per heavy atom. The summed E-state index contributed by atoms with van der Waals surface area (Å²) in [7, 11) is 0. The molecule has 0 bridgehead atoms. The van der Waals surface area contributed by atoms with Crippen LogP contribution in [0.3, 0.4) is 0 Å². The summed E-state index contributed by atoms with van der Waals surface area (Å²) in [5.74, 6) is 0.193. The summed E-state index contributed by atoms with van der Waals surface area (Å²) >= 11 is 0. The molecule has 1 aromatic carbocycles. The van der Waals surface area contributed by atoms with Gasteiger partial charge in [-0.05, 0) is 19.4 Å². The average Bonchev–Trinajstić information content (AvgIpc) is 2.49. The second-order valence-electron chi connectivity index (χ2n) is 4.91. The average molecular weight is 298 g/mol. The summed E-state index contributed by atoms with van der Waals surface area (Å²) in [6.07, 6.45) is -0.0521. The Balaban J connectivity index is 1.97. The lowest BCUT2D eigenvalue weighted by Crippen LogP contribution is -2.38. The van der Waals surface area contributed by atoms with E-state index in [-0.39, 0.29) is 17.9 Å². The van der Waals surface area contributed by atoms with Gasteiger partial charge in [0.25, 0.3) is 5.56 Å². The van der Waals surface area contributed by atoms with Gasteiger partial charge in [-0.25, -0.2) is 4.98 Å². The van der Waals surface area contributed by atoms with Gasteiger partial charge >= 0.3 is 0 Å². The van der Waals surface area contributed by atoms with Crippen molar-refractivity contribution in [2.45, 2.75) is 20.3 Å². The Labute approximate surface area is 128 Å². The van der Waals surface area contributed by atoms with Gasteiger partial charge < -0.3 is 4.98 Å². The summed E-state index contributed by atoms with van der Waals surface area (Å²) in [5, 5.41) is 0. The molecule has 0 radical (unpaired) electrons. The molecule has 0 aliphatic heterocycles. The van der Waals surface area contributed by atoms with Gasteiger partial charge in [0.2, 0.25) is 5.91 Å². The number of aromatic amines is 1. The van der Waals surface area contributed by atoms with Crippen molar-refractivity contribution in [2.75, 3.05) is 0 Å². The molecule has 1 amide bonds. The molecule has 0 aliphatic carbocycles. The van der Waals surface area contributed by atoms with Crippen molar-refractivity contribution in [1.82, 2.24) is 20.8 Å². The predicted octanol–water partition coefficient (Wildman–Crippen LogP) is 1.22. The first-order valence-electron chi connectivity index (χ1n) is 6.83. The van der Waals surface area contributed by atoms with E-state index in [1.54, 1.807) is 13.8 Å². The van der Waals surface area contributed by atoms with E-state index in [1.807, 2.05) is 30.3 Å². The zero-order chi connectivity index (χ0) is 16.1. The molecule has 22 heavy (non-hydrogen) atoms. The van der Waals surface area contributed by atoms with Gasteiger partial charge in [-0.1, -0.05) is 36.9 Å². The molecule has 0 aliphatic rings. The number of carbonyl (C=O) groups is 1. The highest BCUT2D eigenvalue weighted by Crippen LogP contribution is 2.07. The number of benzene rings is 1. The molecular weight excluding hydrogens is 280 g/mol. The topological polar surface area (TPSA) is 86.9 Å². The van der Waals surface area contributed by atoms with Crippen LogP contribution >= 0.6 is 0 Å². The maximum Gasteiger partial charge on any atom is 0.254 e. The molecular formula is C16H18N4O2. The van der Waals surface area contributed by atoms with E-state index < -0.39 is 0 Å². The SMILES string of the molecule is C=C(NNC(=O)Cc1c(C)nc(C)[nH]c1=O)c1ccccc1. The van der Waals surface area contributed by atoms with E-state index in [1.165, 1.54) is 0 Å². The largest absolute Gasteiger partial charge is 0.311 e. The van der Waals surface area contributed by atoms with Crippen molar-refractivity contribution in [3.63, 3.8) is 0 Å². The summed E-state index contributed by atoms with van der Waals surface area (Å²) in [6, 6.07) is 9.41. The minimum Gasteiger partial charge on any atom is -0.311 e. The molecule has 1 heterocycles. The van der Waals surface area contributed by atoms with Crippen molar-refractivity contribution in [3.8, 4) is 0 Å². The maximum absolute atomic E-state index is 11.9. The van der Waals surface area contributed by atoms with Crippen molar-refractivity contribution >= 4 is 11.6 Å². The molecule has 6 heteroatoms. The van der Waals surface area contributed by atoms with Crippen LogP contribution < -0.4 is 16.4 Å². The van der Waals surface area contributed by atoms with Crippen LogP contribution in [-0.2, 0) is 11.2 Å². The Kier molecular flexibility index (Phi) is 4.73. The number of hydrogen-bond donors (Lipinski definition) is 3. The predicted molar refractivity (Wildman–Crippen MR) is 84.8 cm³/mol. The molecule has 3 N–H and O–H groups in total. The number of carbonyl (C=O) groups excluding carboxylic acids is 1. The third-order valence-electron chi connectivity index (χ3n) is 3.15. The van der Waals surface area contributed by atoms with Crippen LogP contribution in [-0.4, -0.2) is 15.9 Å². The highest BCUT2D eigenvalue weighted by Gasteiger charge is 2.11. The van der Waals surface area contributed by atoms with E-state index in [9.17, 15) is 9.59 Å². The normalized spacial score (nSPS) is 10.1. The Morgan fingerprint density at radius 3 is 2.55 bits per heavy atom. The standard InChI is InChI=1S/C16H18N4O2/c1-10(13-7-5-4-6-8-13)19-20-15(21)9-14-11(2)17-12(3)18-16(14)22/h4-8,19H,1,9H2,2-3H3,(H,20,21)(H,17,18,22). The van der Waals surface area contributed by atoms with Crippen LogP contribution in [0.15, 0.2) is 41.7 Å². The van der Waals surface area contributed by atoms with Crippen molar-refractivity contribution in [1.29, 1.82) is 0 Å². The molecule has 2 rings (SSSR count). The smallest absolute Gasteiger partial charge is 0.254 e. The molecule has 1 aromatic heterocycles. The minimum atomic E-state index is -0.337. The Morgan fingerprint density at radius 2 is 1.91 bits per heavy atom. The fourth-order valence-electron chi connectivity index (χ4n) is 2.02. The number of rotatable bonds is 5. The summed E-state index contributed by atoms with van der Waals surface area (Å²) in [6.45, 7) is 7.25. The molecule has 0 saturated heterocycles. The first kappa shape index (κ1) is 15.5. The van der Waals surface area contributed by atoms with E-state index in [2.05, 4.69) is 27.4 Å². The lowest BCUT2D eigenvalue weighted by molar-refractivity contribution is -0.121. The first-order valence-corrected chi connectivity index (χ1v) is 6.83. The van der Waals surface area contributed by atoms with Crippen LogP contribution in [0.4, 0.5) is 0 Å². The van der Waals surface area contributed by atoms with Crippen LogP contribution in [0.5, 0.6) is 0 Å². The number of aromatic nitrogens is 2. The fourth-order valence-corrected chi connectivity index (χ4v) is 2.02. The monoisotopic (exact) mass is 298 g/mol. The third kappa shape index (κ3) is 3.82. The minimum absolute atomic E-state index is 0.0521. The third-order valence-corrected chi connectivity index (χ3v) is 3.15. The molecule has 0 spiro atoms. The summed E-state index contributed by atoms with van der Waals surface area (Å²) < 4.78 is 0. The number of aryl methyl sites for hydroxylation is 2. The van der Waals surface area contributed by atoms with Crippen molar-refractivity contribution in [2.24, 2.45) is 0 Å². The zero-order valence-corrected chi connectivity index (χ0v) is 12.6. The molecule has 6 nitrogen and oxygen atoms in total.